The summed E-state index contributed by atoms with van der Waals surface area (Å²) in [7, 11) is -3.65. The van der Waals surface area contributed by atoms with Crippen LogP contribution in [-0.4, -0.2) is 44.4 Å². The normalized spacial score (nSPS) is 25.3. The van der Waals surface area contributed by atoms with Crippen molar-refractivity contribution in [1.82, 2.24) is 9.62 Å². The molecule has 7 heteroatoms. The molecule has 2 atom stereocenters. The molecular weight excluding hydrogens is 314 g/mol. The van der Waals surface area contributed by atoms with Crippen molar-refractivity contribution in [3.05, 3.63) is 29.3 Å². The van der Waals surface area contributed by atoms with Crippen LogP contribution in [0.2, 0.25) is 0 Å². The number of nitrogens with zero attached hydrogens (tertiary/aromatic N) is 1. The molecule has 1 amide bonds. The van der Waals surface area contributed by atoms with Gasteiger partial charge in [-0.3, -0.25) is 9.69 Å². The molecule has 0 saturated carbocycles. The van der Waals surface area contributed by atoms with Crippen LogP contribution in [0.5, 0.6) is 0 Å². The summed E-state index contributed by atoms with van der Waals surface area (Å²) in [5.74, 6) is -0.612. The predicted octanol–water partition coefficient (Wildman–Crippen LogP) is 0.999. The summed E-state index contributed by atoms with van der Waals surface area (Å²) in [6.45, 7) is 3.73. The topological polar surface area (TPSA) is 92.5 Å². The minimum absolute atomic E-state index is 0.0568. The summed E-state index contributed by atoms with van der Waals surface area (Å²) in [5, 5.41) is 0. The summed E-state index contributed by atoms with van der Waals surface area (Å²) >= 11 is 0. The van der Waals surface area contributed by atoms with Gasteiger partial charge in [0.15, 0.2) is 0 Å². The van der Waals surface area contributed by atoms with E-state index in [1.54, 1.807) is 13.0 Å². The molecule has 0 radical (unpaired) electrons. The number of amides is 1. The zero-order valence-corrected chi connectivity index (χ0v) is 14.1. The van der Waals surface area contributed by atoms with Gasteiger partial charge in [0, 0.05) is 24.2 Å². The lowest BCUT2D eigenvalue weighted by atomic mass is 10.00. The maximum Gasteiger partial charge on any atom is 0.249 e. The average molecular weight is 337 g/mol. The highest BCUT2D eigenvalue weighted by molar-refractivity contribution is 7.89. The van der Waals surface area contributed by atoms with E-state index in [0.717, 1.165) is 32.4 Å². The number of carbonyl (C=O) groups excluding carboxylic acids is 1. The number of rotatable bonds is 4. The number of sulfonamides is 1. The molecule has 2 saturated heterocycles. The third-order valence-electron chi connectivity index (χ3n) is 4.95. The van der Waals surface area contributed by atoms with E-state index in [1.807, 2.05) is 0 Å². The fraction of sp³-hybridized carbons (Fsp3) is 0.562. The van der Waals surface area contributed by atoms with Crippen molar-refractivity contribution in [3.8, 4) is 0 Å². The van der Waals surface area contributed by atoms with Crippen molar-refractivity contribution in [1.29, 1.82) is 0 Å². The third kappa shape index (κ3) is 3.27. The van der Waals surface area contributed by atoms with E-state index in [1.165, 1.54) is 18.6 Å². The number of fused-ring (bicyclic) bond motifs is 1. The Morgan fingerprint density at radius 1 is 1.26 bits per heavy atom. The highest BCUT2D eigenvalue weighted by Gasteiger charge is 2.37. The molecule has 23 heavy (non-hydrogen) atoms. The Hall–Kier alpha value is -1.44. The lowest BCUT2D eigenvalue weighted by Gasteiger charge is -2.32. The standard InChI is InChI=1S/C16H23N3O3S/c1-11-5-6-12(10-13(11)16(17)20)23(21,22)18-14-7-9-19-8-3-2-4-15(14)19/h5-6,10,14-15,18H,2-4,7-9H2,1H3,(H2,17,20). The highest BCUT2D eigenvalue weighted by atomic mass is 32.2. The van der Waals surface area contributed by atoms with Crippen LogP contribution in [0.4, 0.5) is 0 Å². The monoisotopic (exact) mass is 337 g/mol. The molecule has 2 heterocycles. The molecule has 0 bridgehead atoms. The van der Waals surface area contributed by atoms with Crippen LogP contribution >= 0.6 is 0 Å². The molecule has 2 aliphatic heterocycles. The minimum Gasteiger partial charge on any atom is -0.366 e. The quantitative estimate of drug-likeness (QED) is 0.857. The first-order valence-electron chi connectivity index (χ1n) is 8.05. The molecule has 0 spiro atoms. The number of benzene rings is 1. The summed E-state index contributed by atoms with van der Waals surface area (Å²) in [6, 6.07) is 4.75. The van der Waals surface area contributed by atoms with E-state index in [0.29, 0.717) is 11.6 Å². The van der Waals surface area contributed by atoms with E-state index in [4.69, 9.17) is 5.73 Å². The Morgan fingerprint density at radius 3 is 2.78 bits per heavy atom. The van der Waals surface area contributed by atoms with Gasteiger partial charge in [-0.05, 0) is 50.4 Å². The molecule has 1 aromatic rings. The lowest BCUT2D eigenvalue weighted by molar-refractivity contribution is 0.0999. The van der Waals surface area contributed by atoms with E-state index in [9.17, 15) is 13.2 Å². The van der Waals surface area contributed by atoms with Gasteiger partial charge in [0.25, 0.3) is 0 Å². The van der Waals surface area contributed by atoms with Crippen LogP contribution in [0.1, 0.15) is 41.6 Å². The number of hydrogen-bond acceptors (Lipinski definition) is 4. The van der Waals surface area contributed by atoms with Gasteiger partial charge in [-0.2, -0.15) is 0 Å². The van der Waals surface area contributed by atoms with Crippen LogP contribution < -0.4 is 10.5 Å². The second kappa shape index (κ2) is 6.22. The predicted molar refractivity (Wildman–Crippen MR) is 87.6 cm³/mol. The molecule has 2 aliphatic rings. The van der Waals surface area contributed by atoms with E-state index < -0.39 is 15.9 Å². The number of nitrogens with two attached hydrogens (primary N) is 1. The Labute approximate surface area is 137 Å². The van der Waals surface area contributed by atoms with Gasteiger partial charge in [0.1, 0.15) is 0 Å². The fourth-order valence-electron chi connectivity index (χ4n) is 3.69. The lowest BCUT2D eigenvalue weighted by Crippen LogP contribution is -2.46. The second-order valence-corrected chi connectivity index (χ2v) is 8.17. The number of primary amides is 1. The molecule has 0 aliphatic carbocycles. The minimum atomic E-state index is -3.65. The Kier molecular flexibility index (Phi) is 4.44. The molecule has 6 nitrogen and oxygen atoms in total. The largest absolute Gasteiger partial charge is 0.366 e. The van der Waals surface area contributed by atoms with Crippen LogP contribution in [-0.2, 0) is 10.0 Å². The number of carbonyl (C=O) groups is 1. The van der Waals surface area contributed by atoms with E-state index in [2.05, 4.69) is 9.62 Å². The third-order valence-corrected chi connectivity index (χ3v) is 6.43. The van der Waals surface area contributed by atoms with Crippen molar-refractivity contribution in [2.75, 3.05) is 13.1 Å². The average Bonchev–Trinajstić information content (AvgIpc) is 2.90. The number of aryl methyl sites for hydroxylation is 1. The first kappa shape index (κ1) is 16.4. The van der Waals surface area contributed by atoms with Gasteiger partial charge in [0.05, 0.1) is 4.90 Å². The first-order valence-corrected chi connectivity index (χ1v) is 9.53. The van der Waals surface area contributed by atoms with Gasteiger partial charge in [-0.1, -0.05) is 12.5 Å². The Bertz CT molecular complexity index is 717. The first-order chi connectivity index (χ1) is 10.9. The molecule has 2 unspecified atom stereocenters. The molecule has 2 fully saturated rings. The summed E-state index contributed by atoms with van der Waals surface area (Å²) < 4.78 is 28.2. The maximum atomic E-state index is 12.7. The van der Waals surface area contributed by atoms with Crippen LogP contribution in [0.3, 0.4) is 0 Å². The van der Waals surface area contributed by atoms with E-state index >= 15 is 0 Å². The van der Waals surface area contributed by atoms with Crippen LogP contribution in [0.25, 0.3) is 0 Å². The Balaban J connectivity index is 1.82. The molecule has 0 aromatic heterocycles. The molecular formula is C16H23N3O3S. The van der Waals surface area contributed by atoms with Gasteiger partial charge in [-0.15, -0.1) is 0 Å². The maximum absolute atomic E-state index is 12.7. The van der Waals surface area contributed by atoms with Crippen molar-refractivity contribution in [2.24, 2.45) is 5.73 Å². The summed E-state index contributed by atoms with van der Waals surface area (Å²) in [4.78, 5) is 13.9. The SMILES string of the molecule is Cc1ccc(S(=O)(=O)NC2CCN3CCCCC23)cc1C(N)=O. The number of piperidine rings is 1. The molecule has 3 N–H and O–H groups in total. The van der Waals surface area contributed by atoms with Gasteiger partial charge in [-0.25, -0.2) is 13.1 Å². The molecule has 126 valence electrons. The van der Waals surface area contributed by atoms with Crippen molar-refractivity contribution in [2.45, 2.75) is 49.6 Å². The van der Waals surface area contributed by atoms with Gasteiger partial charge >= 0.3 is 0 Å². The van der Waals surface area contributed by atoms with Gasteiger partial charge < -0.3 is 5.73 Å². The second-order valence-electron chi connectivity index (χ2n) is 6.46. The van der Waals surface area contributed by atoms with Crippen LogP contribution in [0.15, 0.2) is 23.1 Å². The number of hydrogen-bond donors (Lipinski definition) is 2. The zero-order valence-electron chi connectivity index (χ0n) is 13.3. The van der Waals surface area contributed by atoms with Gasteiger partial charge in [0.2, 0.25) is 15.9 Å². The van der Waals surface area contributed by atoms with Crippen molar-refractivity contribution < 1.29 is 13.2 Å². The zero-order chi connectivity index (χ0) is 16.6. The van der Waals surface area contributed by atoms with E-state index in [-0.39, 0.29) is 16.5 Å². The fourth-order valence-corrected chi connectivity index (χ4v) is 5.02. The summed E-state index contributed by atoms with van der Waals surface area (Å²) in [6.07, 6.45) is 4.21. The summed E-state index contributed by atoms with van der Waals surface area (Å²) in [5.41, 5.74) is 6.24. The molecule has 1 aromatic carbocycles. The smallest absolute Gasteiger partial charge is 0.249 e. The highest BCUT2D eigenvalue weighted by Crippen LogP contribution is 2.28. The van der Waals surface area contributed by atoms with Crippen molar-refractivity contribution >= 4 is 15.9 Å². The van der Waals surface area contributed by atoms with Crippen LogP contribution in [0, 0.1) is 6.92 Å². The number of nitrogens with one attached hydrogen (secondary N) is 1. The molecule has 3 rings (SSSR count). The van der Waals surface area contributed by atoms with Crippen molar-refractivity contribution in [3.63, 3.8) is 0 Å². The Morgan fingerprint density at radius 2 is 2.04 bits per heavy atom.